The van der Waals surface area contributed by atoms with Crippen LogP contribution in [-0.4, -0.2) is 73.2 Å². The van der Waals surface area contributed by atoms with E-state index in [1.165, 1.54) is 36.2 Å². The third kappa shape index (κ3) is 7.11. The molecule has 3 N–H and O–H groups in total. The van der Waals surface area contributed by atoms with Crippen LogP contribution in [0.2, 0.25) is 5.02 Å². The summed E-state index contributed by atoms with van der Waals surface area (Å²) in [5, 5.41) is 18.6. The molecule has 1 amide bonds. The molecule has 0 bridgehead atoms. The number of rotatable bonds is 10. The second-order valence-electron chi connectivity index (χ2n) is 9.46. The molecule has 3 rings (SSSR count). The molecule has 2 aromatic rings. The topological polar surface area (TPSA) is 123 Å². The molecular formula is C24H32ClF3N4O5S. The number of amides is 1. The van der Waals surface area contributed by atoms with Crippen LogP contribution in [0.3, 0.4) is 0 Å². The number of halogens is 4. The van der Waals surface area contributed by atoms with Crippen LogP contribution in [0, 0.1) is 5.92 Å². The maximum absolute atomic E-state index is 13.0. The number of ether oxygens (including phenoxy) is 1. The third-order valence-electron chi connectivity index (χ3n) is 6.70. The molecule has 1 atom stereocenters. The highest BCUT2D eigenvalue weighted by Gasteiger charge is 2.36. The van der Waals surface area contributed by atoms with E-state index < -0.39 is 28.0 Å². The van der Waals surface area contributed by atoms with Crippen LogP contribution in [0.4, 0.5) is 18.9 Å². The maximum atomic E-state index is 13.0. The molecule has 1 aromatic heterocycles. The Balaban J connectivity index is 1.81. The molecule has 9 nitrogen and oxygen atoms in total. The highest BCUT2D eigenvalue weighted by molar-refractivity contribution is 7.91. The van der Waals surface area contributed by atoms with Gasteiger partial charge in [-0.1, -0.05) is 11.6 Å². The van der Waals surface area contributed by atoms with Crippen molar-refractivity contribution in [3.8, 4) is 17.0 Å². The van der Waals surface area contributed by atoms with Gasteiger partial charge in [0.15, 0.2) is 5.69 Å². The molecule has 0 radical (unpaired) electrons. The summed E-state index contributed by atoms with van der Waals surface area (Å²) in [6.07, 6.45) is -0.779. The van der Waals surface area contributed by atoms with Crippen molar-refractivity contribution in [2.75, 3.05) is 31.8 Å². The quantitative estimate of drug-likeness (QED) is 0.389. The molecule has 1 aliphatic rings. The number of hydrogen-bond donors (Lipinski definition) is 3. The lowest BCUT2D eigenvalue weighted by Crippen LogP contribution is -2.34. The smallest absolute Gasteiger partial charge is 0.408 e. The molecule has 1 aromatic carbocycles. The van der Waals surface area contributed by atoms with Crippen molar-refractivity contribution in [1.82, 2.24) is 15.1 Å². The van der Waals surface area contributed by atoms with E-state index in [4.69, 9.17) is 16.3 Å². The average Bonchev–Trinajstić information content (AvgIpc) is 3.17. The van der Waals surface area contributed by atoms with Crippen LogP contribution >= 0.6 is 11.6 Å². The third-order valence-corrected chi connectivity index (χ3v) is 8.74. The lowest BCUT2D eigenvalue weighted by atomic mass is 9.89. The van der Waals surface area contributed by atoms with Gasteiger partial charge in [-0.05, 0) is 50.7 Å². The summed E-state index contributed by atoms with van der Waals surface area (Å²) in [5.41, 5.74) is 0.742. The SMILES string of the molecule is COc1cc(N[C@H](C)C(F)(F)F)ccc1-c1c(Cl)c(C(=O)NCC2CCC(S(C)(=O)=O)CC2)nn1CCO. The van der Waals surface area contributed by atoms with Gasteiger partial charge in [0.2, 0.25) is 0 Å². The molecule has 1 aliphatic carbocycles. The van der Waals surface area contributed by atoms with Crippen molar-refractivity contribution in [2.45, 2.75) is 56.6 Å². The first kappa shape index (κ1) is 30.0. The molecule has 1 fully saturated rings. The van der Waals surface area contributed by atoms with E-state index >= 15 is 0 Å². The first-order valence-corrected chi connectivity index (χ1v) is 14.4. The van der Waals surface area contributed by atoms with E-state index in [1.807, 2.05) is 0 Å². The number of sulfone groups is 1. The van der Waals surface area contributed by atoms with Crippen LogP contribution < -0.4 is 15.4 Å². The molecule has 0 unspecified atom stereocenters. The number of nitrogens with one attached hydrogen (secondary N) is 2. The van der Waals surface area contributed by atoms with Gasteiger partial charge in [0, 0.05) is 30.1 Å². The largest absolute Gasteiger partial charge is 0.496 e. The van der Waals surface area contributed by atoms with E-state index in [1.54, 1.807) is 0 Å². The number of carbonyl (C=O) groups is 1. The van der Waals surface area contributed by atoms with Gasteiger partial charge < -0.3 is 20.5 Å². The zero-order chi connectivity index (χ0) is 28.3. The second kappa shape index (κ2) is 12.1. The fraction of sp³-hybridized carbons (Fsp3) is 0.583. The number of aromatic nitrogens is 2. The summed E-state index contributed by atoms with van der Waals surface area (Å²) in [7, 11) is -1.74. The zero-order valence-corrected chi connectivity index (χ0v) is 22.9. The van der Waals surface area contributed by atoms with Crippen LogP contribution in [0.5, 0.6) is 5.75 Å². The summed E-state index contributed by atoms with van der Waals surface area (Å²) in [6.45, 7) is 1.03. The van der Waals surface area contributed by atoms with Crippen molar-refractivity contribution in [2.24, 2.45) is 5.92 Å². The lowest BCUT2D eigenvalue weighted by Gasteiger charge is -2.27. The van der Waals surface area contributed by atoms with Gasteiger partial charge in [0.05, 0.1) is 36.2 Å². The molecule has 0 aliphatic heterocycles. The molecular weight excluding hydrogens is 549 g/mol. The number of hydrogen-bond acceptors (Lipinski definition) is 7. The minimum absolute atomic E-state index is 0.000552. The summed E-state index contributed by atoms with van der Waals surface area (Å²) in [6, 6.07) is 2.53. The Bertz CT molecular complexity index is 1240. The predicted molar refractivity (Wildman–Crippen MR) is 138 cm³/mol. The first-order chi connectivity index (χ1) is 17.8. The highest BCUT2D eigenvalue weighted by atomic mass is 35.5. The van der Waals surface area contributed by atoms with E-state index in [2.05, 4.69) is 15.7 Å². The summed E-state index contributed by atoms with van der Waals surface area (Å²) < 4.78 is 69.2. The molecule has 212 valence electrons. The number of alkyl halides is 3. The van der Waals surface area contributed by atoms with E-state index in [9.17, 15) is 31.5 Å². The van der Waals surface area contributed by atoms with Crippen LogP contribution in [0.1, 0.15) is 43.1 Å². The number of nitrogens with zero attached hydrogens (tertiary/aromatic N) is 2. The molecule has 1 saturated carbocycles. The fourth-order valence-electron chi connectivity index (χ4n) is 4.49. The van der Waals surface area contributed by atoms with E-state index in [0.29, 0.717) is 37.8 Å². The van der Waals surface area contributed by atoms with Crippen molar-refractivity contribution < 1.29 is 36.2 Å². The van der Waals surface area contributed by atoms with Crippen molar-refractivity contribution in [1.29, 1.82) is 0 Å². The standard InChI is InChI=1S/C24H32ClF3N4O5S/c1-14(24(26,27)28)30-16-6-9-18(19(12-16)37-2)22-20(25)21(31-32(22)10-11-33)23(34)29-13-15-4-7-17(8-5-15)38(3,35)36/h6,9,12,14-15,17,30,33H,4-5,7-8,10-11,13H2,1-3H3,(H,29,34)/t14-,15?,17?/m1/s1. The zero-order valence-electron chi connectivity index (χ0n) is 21.3. The Kier molecular flexibility index (Phi) is 9.58. The summed E-state index contributed by atoms with van der Waals surface area (Å²) >= 11 is 6.59. The number of aliphatic hydroxyl groups is 1. The Labute approximate surface area is 224 Å². The molecule has 1 heterocycles. The van der Waals surface area contributed by atoms with Gasteiger partial charge in [0.1, 0.15) is 21.6 Å². The molecule has 0 spiro atoms. The lowest BCUT2D eigenvalue weighted by molar-refractivity contribution is -0.138. The van der Waals surface area contributed by atoms with Gasteiger partial charge in [-0.3, -0.25) is 9.48 Å². The monoisotopic (exact) mass is 580 g/mol. The maximum Gasteiger partial charge on any atom is 0.408 e. The molecule has 14 heteroatoms. The Morgan fingerprint density at radius 3 is 2.50 bits per heavy atom. The summed E-state index contributed by atoms with van der Waals surface area (Å²) in [5.74, 6) is -0.219. The Morgan fingerprint density at radius 1 is 1.29 bits per heavy atom. The average molecular weight is 581 g/mol. The van der Waals surface area contributed by atoms with Gasteiger partial charge in [0.25, 0.3) is 5.91 Å². The first-order valence-electron chi connectivity index (χ1n) is 12.1. The van der Waals surface area contributed by atoms with Crippen LogP contribution in [-0.2, 0) is 16.4 Å². The van der Waals surface area contributed by atoms with Crippen molar-refractivity contribution in [3.63, 3.8) is 0 Å². The van der Waals surface area contributed by atoms with Gasteiger partial charge in [-0.25, -0.2) is 8.42 Å². The van der Waals surface area contributed by atoms with Gasteiger partial charge in [-0.2, -0.15) is 18.3 Å². The minimum Gasteiger partial charge on any atom is -0.496 e. The van der Waals surface area contributed by atoms with Gasteiger partial charge in [-0.15, -0.1) is 0 Å². The number of carbonyl (C=O) groups excluding carboxylic acids is 1. The Morgan fingerprint density at radius 2 is 1.95 bits per heavy atom. The van der Waals surface area contributed by atoms with E-state index in [-0.39, 0.29) is 52.2 Å². The highest BCUT2D eigenvalue weighted by Crippen LogP contribution is 2.39. The van der Waals surface area contributed by atoms with Crippen LogP contribution in [0.15, 0.2) is 18.2 Å². The molecule has 38 heavy (non-hydrogen) atoms. The minimum atomic E-state index is -4.44. The number of anilines is 1. The van der Waals surface area contributed by atoms with Crippen molar-refractivity contribution in [3.05, 3.63) is 28.9 Å². The molecule has 0 saturated heterocycles. The fourth-order valence-corrected chi connectivity index (χ4v) is 5.94. The van der Waals surface area contributed by atoms with Crippen LogP contribution in [0.25, 0.3) is 11.3 Å². The van der Waals surface area contributed by atoms with Crippen molar-refractivity contribution >= 4 is 33.0 Å². The number of benzene rings is 1. The second-order valence-corrected chi connectivity index (χ2v) is 12.2. The summed E-state index contributed by atoms with van der Waals surface area (Å²) in [4.78, 5) is 13.0. The van der Waals surface area contributed by atoms with Gasteiger partial charge >= 0.3 is 6.18 Å². The number of methoxy groups -OCH3 is 1. The van der Waals surface area contributed by atoms with E-state index in [0.717, 1.165) is 6.92 Å². The Hall–Kier alpha value is -2.51. The normalized spacial score (nSPS) is 19.2. The predicted octanol–water partition coefficient (Wildman–Crippen LogP) is 3.90. The number of aliphatic hydroxyl groups excluding tert-OH is 1.